The van der Waals surface area contributed by atoms with Crippen molar-refractivity contribution in [1.29, 1.82) is 0 Å². The molecular formula is C20H25N3O4S. The van der Waals surface area contributed by atoms with Gasteiger partial charge in [-0.15, -0.1) is 0 Å². The summed E-state index contributed by atoms with van der Waals surface area (Å²) in [5.41, 5.74) is 1.50. The van der Waals surface area contributed by atoms with Gasteiger partial charge in [0.05, 0.1) is 17.4 Å². The lowest BCUT2D eigenvalue weighted by molar-refractivity contribution is -0.113. The van der Waals surface area contributed by atoms with E-state index in [1.54, 1.807) is 24.3 Å². The number of ether oxygens (including phenoxy) is 1. The Hall–Kier alpha value is -2.61. The summed E-state index contributed by atoms with van der Waals surface area (Å²) in [7, 11) is 0. The monoisotopic (exact) mass is 403 g/mol. The van der Waals surface area contributed by atoms with Crippen molar-refractivity contribution in [1.82, 2.24) is 9.97 Å². The molecule has 8 heteroatoms. The van der Waals surface area contributed by atoms with Crippen molar-refractivity contribution in [3.63, 3.8) is 0 Å². The first-order valence-electron chi connectivity index (χ1n) is 9.25. The molecule has 1 amide bonds. The second-order valence-corrected chi connectivity index (χ2v) is 7.29. The molecule has 1 aromatic carbocycles. The summed E-state index contributed by atoms with van der Waals surface area (Å²) in [6.07, 6.45) is 2.22. The molecule has 0 saturated carbocycles. The number of anilines is 1. The number of carbonyl (C=O) groups is 2. The number of hydrogen-bond acceptors (Lipinski definition) is 6. The number of esters is 1. The average Bonchev–Trinajstić information content (AvgIpc) is 2.66. The van der Waals surface area contributed by atoms with Gasteiger partial charge in [-0.3, -0.25) is 9.59 Å². The van der Waals surface area contributed by atoms with E-state index < -0.39 is 0 Å². The van der Waals surface area contributed by atoms with Gasteiger partial charge in [-0.2, -0.15) is 0 Å². The van der Waals surface area contributed by atoms with Crippen LogP contribution in [0.25, 0.3) is 0 Å². The van der Waals surface area contributed by atoms with Crippen molar-refractivity contribution < 1.29 is 14.3 Å². The molecule has 0 aliphatic carbocycles. The molecule has 2 aromatic rings. The van der Waals surface area contributed by atoms with Crippen LogP contribution < -0.4 is 10.9 Å². The number of hydrogen-bond donors (Lipinski definition) is 2. The molecular weight excluding hydrogens is 378 g/mol. The number of nitrogens with one attached hydrogen (secondary N) is 2. The lowest BCUT2D eigenvalue weighted by atomic mass is 10.2. The second-order valence-electron chi connectivity index (χ2n) is 6.33. The van der Waals surface area contributed by atoms with Crippen LogP contribution in [0.3, 0.4) is 0 Å². The standard InChI is InChI=1S/C20H25N3O4S/c1-4-6-16-11-17(24)23-20(22-16)28-12-18(25)21-15-9-7-14(8-10-15)19(26)27-13(3)5-2/h7-11,13H,4-6,12H2,1-3H3,(H,21,25)(H,22,23,24)/t13-/m0/s1. The number of H-pyrrole nitrogens is 1. The van der Waals surface area contributed by atoms with Crippen LogP contribution in [0.4, 0.5) is 5.69 Å². The highest BCUT2D eigenvalue weighted by atomic mass is 32.2. The average molecular weight is 404 g/mol. The molecule has 1 heterocycles. The van der Waals surface area contributed by atoms with E-state index in [9.17, 15) is 14.4 Å². The molecule has 0 aliphatic heterocycles. The van der Waals surface area contributed by atoms with Crippen LogP contribution in [0.15, 0.2) is 40.3 Å². The molecule has 7 nitrogen and oxygen atoms in total. The molecule has 0 bridgehead atoms. The Labute approximate surface area is 168 Å². The van der Waals surface area contributed by atoms with Crippen LogP contribution >= 0.6 is 11.8 Å². The highest BCUT2D eigenvalue weighted by Gasteiger charge is 2.11. The van der Waals surface area contributed by atoms with Crippen LogP contribution in [0.1, 0.15) is 49.7 Å². The molecule has 0 aliphatic rings. The first-order chi connectivity index (χ1) is 13.4. The topological polar surface area (TPSA) is 101 Å². The Balaban J connectivity index is 1.89. The molecule has 0 fully saturated rings. The Bertz CT molecular complexity index is 864. The molecule has 1 aromatic heterocycles. The molecule has 28 heavy (non-hydrogen) atoms. The number of benzene rings is 1. The van der Waals surface area contributed by atoms with Gasteiger partial charge < -0.3 is 15.0 Å². The van der Waals surface area contributed by atoms with Crippen molar-refractivity contribution in [2.24, 2.45) is 0 Å². The summed E-state index contributed by atoms with van der Waals surface area (Å²) in [6, 6.07) is 8.00. The predicted molar refractivity (Wildman–Crippen MR) is 110 cm³/mol. The molecule has 0 saturated heterocycles. The fourth-order valence-electron chi connectivity index (χ4n) is 2.29. The van der Waals surface area contributed by atoms with Crippen LogP contribution in [-0.4, -0.2) is 33.7 Å². The van der Waals surface area contributed by atoms with Crippen LogP contribution in [0, 0.1) is 0 Å². The van der Waals surface area contributed by atoms with E-state index in [-0.39, 0.29) is 29.3 Å². The fraction of sp³-hybridized carbons (Fsp3) is 0.400. The first-order valence-corrected chi connectivity index (χ1v) is 10.2. The van der Waals surface area contributed by atoms with Crippen LogP contribution in [0.2, 0.25) is 0 Å². The zero-order chi connectivity index (χ0) is 20.5. The van der Waals surface area contributed by atoms with Gasteiger partial charge in [0, 0.05) is 17.4 Å². The van der Waals surface area contributed by atoms with E-state index in [0.29, 0.717) is 22.1 Å². The summed E-state index contributed by atoms with van der Waals surface area (Å²) >= 11 is 1.17. The Morgan fingerprint density at radius 1 is 1.25 bits per heavy atom. The Kier molecular flexibility index (Phi) is 8.25. The van der Waals surface area contributed by atoms with Gasteiger partial charge in [-0.25, -0.2) is 9.78 Å². The first kappa shape index (κ1) is 21.7. The van der Waals surface area contributed by atoms with E-state index in [2.05, 4.69) is 15.3 Å². The van der Waals surface area contributed by atoms with Gasteiger partial charge in [0.15, 0.2) is 5.16 Å². The van der Waals surface area contributed by atoms with Gasteiger partial charge in [0.25, 0.3) is 5.56 Å². The van der Waals surface area contributed by atoms with Gasteiger partial charge in [-0.1, -0.05) is 32.0 Å². The maximum Gasteiger partial charge on any atom is 0.338 e. The number of thioether (sulfide) groups is 1. The number of carbonyl (C=O) groups excluding carboxylic acids is 2. The second kappa shape index (κ2) is 10.7. The normalized spacial score (nSPS) is 11.7. The fourth-order valence-corrected chi connectivity index (χ4v) is 2.99. The minimum Gasteiger partial charge on any atom is -0.459 e. The smallest absolute Gasteiger partial charge is 0.338 e. The van der Waals surface area contributed by atoms with Crippen molar-refractivity contribution >= 4 is 29.3 Å². The number of aromatic nitrogens is 2. The molecule has 1 atom stereocenters. The van der Waals surface area contributed by atoms with Gasteiger partial charge in [0.1, 0.15) is 0 Å². The maximum absolute atomic E-state index is 12.1. The van der Waals surface area contributed by atoms with Crippen molar-refractivity contribution in [2.45, 2.75) is 51.3 Å². The molecule has 0 radical (unpaired) electrons. The van der Waals surface area contributed by atoms with E-state index in [1.807, 2.05) is 20.8 Å². The largest absolute Gasteiger partial charge is 0.459 e. The van der Waals surface area contributed by atoms with Crippen LogP contribution in [0.5, 0.6) is 0 Å². The summed E-state index contributed by atoms with van der Waals surface area (Å²) in [4.78, 5) is 42.7. The third-order valence-electron chi connectivity index (χ3n) is 3.91. The zero-order valence-electron chi connectivity index (χ0n) is 16.3. The number of aryl methyl sites for hydroxylation is 1. The van der Waals surface area contributed by atoms with E-state index in [0.717, 1.165) is 19.3 Å². The van der Waals surface area contributed by atoms with Gasteiger partial charge in [-0.05, 0) is 44.0 Å². The zero-order valence-corrected chi connectivity index (χ0v) is 17.1. The lowest BCUT2D eigenvalue weighted by Gasteiger charge is -2.11. The molecule has 0 spiro atoms. The van der Waals surface area contributed by atoms with Gasteiger partial charge >= 0.3 is 5.97 Å². The summed E-state index contributed by atoms with van der Waals surface area (Å²) in [5.74, 6) is -0.510. The molecule has 2 rings (SSSR count). The van der Waals surface area contributed by atoms with Crippen molar-refractivity contribution in [3.8, 4) is 0 Å². The molecule has 0 unspecified atom stereocenters. The number of nitrogens with zero attached hydrogens (tertiary/aromatic N) is 1. The van der Waals surface area contributed by atoms with Crippen LogP contribution in [-0.2, 0) is 16.0 Å². The Morgan fingerprint density at radius 3 is 2.61 bits per heavy atom. The minimum absolute atomic E-state index is 0.107. The highest BCUT2D eigenvalue weighted by molar-refractivity contribution is 7.99. The maximum atomic E-state index is 12.1. The molecule has 150 valence electrons. The Morgan fingerprint density at radius 2 is 1.96 bits per heavy atom. The highest BCUT2D eigenvalue weighted by Crippen LogP contribution is 2.15. The SMILES string of the molecule is CCCc1cc(=O)[nH]c(SCC(=O)Nc2ccc(C(=O)O[C@@H](C)CC)cc2)n1. The third-order valence-corrected chi connectivity index (χ3v) is 4.78. The number of amides is 1. The predicted octanol–water partition coefficient (Wildman–Crippen LogP) is 3.41. The van der Waals surface area contributed by atoms with E-state index in [4.69, 9.17) is 4.74 Å². The minimum atomic E-state index is -0.384. The van der Waals surface area contributed by atoms with E-state index >= 15 is 0 Å². The van der Waals surface area contributed by atoms with Crippen molar-refractivity contribution in [3.05, 3.63) is 51.9 Å². The number of aromatic amines is 1. The van der Waals surface area contributed by atoms with Crippen molar-refractivity contribution in [2.75, 3.05) is 11.1 Å². The van der Waals surface area contributed by atoms with E-state index in [1.165, 1.54) is 17.8 Å². The molecule has 2 N–H and O–H groups in total. The summed E-state index contributed by atoms with van der Waals surface area (Å²) in [5, 5.41) is 3.18. The number of rotatable bonds is 9. The summed E-state index contributed by atoms with van der Waals surface area (Å²) < 4.78 is 5.27. The summed E-state index contributed by atoms with van der Waals surface area (Å²) in [6.45, 7) is 5.79. The lowest BCUT2D eigenvalue weighted by Crippen LogP contribution is -2.16. The van der Waals surface area contributed by atoms with Gasteiger partial charge in [0.2, 0.25) is 5.91 Å². The quantitative estimate of drug-likeness (QED) is 0.378. The third kappa shape index (κ3) is 6.84.